The van der Waals surface area contributed by atoms with Gasteiger partial charge in [0.05, 0.1) is 31.5 Å². The van der Waals surface area contributed by atoms with Gasteiger partial charge in [0.1, 0.15) is 35.1 Å². The third-order valence-electron chi connectivity index (χ3n) is 5.72. The number of halogens is 1. The maximum atomic E-state index is 13.9. The van der Waals surface area contributed by atoms with Crippen molar-refractivity contribution < 1.29 is 13.9 Å². The number of anilines is 2. The molecule has 0 spiro atoms. The molecule has 0 N–H and O–H groups in total. The highest BCUT2D eigenvalue weighted by Gasteiger charge is 2.23. The van der Waals surface area contributed by atoms with E-state index >= 15 is 0 Å². The van der Waals surface area contributed by atoms with Gasteiger partial charge in [-0.2, -0.15) is 5.10 Å². The van der Waals surface area contributed by atoms with Crippen LogP contribution in [0.25, 0.3) is 16.7 Å². The van der Waals surface area contributed by atoms with E-state index in [2.05, 4.69) is 30.9 Å². The molecule has 32 heavy (non-hydrogen) atoms. The highest BCUT2D eigenvalue weighted by Crippen LogP contribution is 2.32. The Labute approximate surface area is 184 Å². The van der Waals surface area contributed by atoms with Gasteiger partial charge in [-0.25, -0.2) is 19.0 Å². The molecule has 2 aromatic heterocycles. The van der Waals surface area contributed by atoms with Crippen molar-refractivity contribution >= 4 is 22.5 Å². The van der Waals surface area contributed by atoms with Crippen LogP contribution in [-0.2, 0) is 0 Å². The quantitative estimate of drug-likeness (QED) is 0.477. The number of aromatic nitrogens is 4. The number of rotatable bonds is 5. The van der Waals surface area contributed by atoms with Crippen LogP contribution in [0.15, 0.2) is 55.0 Å². The Morgan fingerprint density at radius 3 is 2.34 bits per heavy atom. The fourth-order valence-electron chi connectivity index (χ4n) is 4.14. The maximum absolute atomic E-state index is 13.9. The Bertz CT molecular complexity index is 1250. The Hall–Kier alpha value is -3.88. The van der Waals surface area contributed by atoms with Gasteiger partial charge < -0.3 is 19.3 Å². The standard InChI is InChI=1S/C23H23FN6O2/c1-31-20-6-4-3-5-18(20)28-9-11-29(12-10-28)22-17-14-27-30(23(17)26-15-25-22)19-13-16(24)7-8-21(19)32-2/h3-8,13-15H,9-12H2,1-2H3. The van der Waals surface area contributed by atoms with Gasteiger partial charge in [-0.3, -0.25) is 0 Å². The molecule has 0 bridgehead atoms. The van der Waals surface area contributed by atoms with Crippen LogP contribution in [0, 0.1) is 5.82 Å². The number of hydrogen-bond acceptors (Lipinski definition) is 7. The van der Waals surface area contributed by atoms with E-state index in [4.69, 9.17) is 9.47 Å². The van der Waals surface area contributed by atoms with Crippen molar-refractivity contribution in [1.29, 1.82) is 0 Å². The van der Waals surface area contributed by atoms with E-state index in [1.165, 1.54) is 18.5 Å². The second-order valence-corrected chi connectivity index (χ2v) is 7.45. The second kappa shape index (κ2) is 8.33. The number of nitrogens with zero attached hydrogens (tertiary/aromatic N) is 6. The molecule has 1 aliphatic rings. The summed E-state index contributed by atoms with van der Waals surface area (Å²) in [7, 11) is 3.24. The zero-order chi connectivity index (χ0) is 22.1. The minimum atomic E-state index is -0.369. The molecule has 8 nitrogen and oxygen atoms in total. The van der Waals surface area contributed by atoms with Crippen LogP contribution in [0.2, 0.25) is 0 Å². The molecule has 2 aromatic carbocycles. The Morgan fingerprint density at radius 1 is 0.844 bits per heavy atom. The first kappa shape index (κ1) is 20.0. The Kier molecular flexibility index (Phi) is 5.22. The van der Waals surface area contributed by atoms with Crippen molar-refractivity contribution in [2.24, 2.45) is 0 Å². The molecule has 5 rings (SSSR count). The number of hydrogen-bond donors (Lipinski definition) is 0. The van der Waals surface area contributed by atoms with Crippen LogP contribution in [0.5, 0.6) is 11.5 Å². The topological polar surface area (TPSA) is 68.5 Å². The van der Waals surface area contributed by atoms with Gasteiger partial charge in [0.25, 0.3) is 0 Å². The molecule has 9 heteroatoms. The third kappa shape index (κ3) is 3.45. The molecule has 1 saturated heterocycles. The molecule has 1 aliphatic heterocycles. The average molecular weight is 434 g/mol. The monoisotopic (exact) mass is 434 g/mol. The molecule has 0 amide bonds. The van der Waals surface area contributed by atoms with Crippen molar-refractivity contribution in [1.82, 2.24) is 19.7 Å². The SMILES string of the molecule is COc1ccccc1N1CCN(c2ncnc3c2cnn3-c2cc(F)ccc2OC)CC1. The number of ether oxygens (including phenoxy) is 2. The molecule has 1 fully saturated rings. The number of benzene rings is 2. The van der Waals surface area contributed by atoms with E-state index in [0.29, 0.717) is 17.1 Å². The van der Waals surface area contributed by atoms with Crippen molar-refractivity contribution in [3.8, 4) is 17.2 Å². The predicted octanol–water partition coefficient (Wildman–Crippen LogP) is 3.30. The summed E-state index contributed by atoms with van der Waals surface area (Å²) in [6, 6.07) is 12.4. The summed E-state index contributed by atoms with van der Waals surface area (Å²) >= 11 is 0. The molecule has 0 atom stereocenters. The fourth-order valence-corrected chi connectivity index (χ4v) is 4.14. The Balaban J connectivity index is 1.44. The summed E-state index contributed by atoms with van der Waals surface area (Å²) < 4.78 is 26.4. The van der Waals surface area contributed by atoms with Crippen LogP contribution in [0.3, 0.4) is 0 Å². The molecule has 0 unspecified atom stereocenters. The molecule has 164 valence electrons. The lowest BCUT2D eigenvalue weighted by Crippen LogP contribution is -2.47. The predicted molar refractivity (Wildman–Crippen MR) is 121 cm³/mol. The van der Waals surface area contributed by atoms with Crippen LogP contribution >= 0.6 is 0 Å². The summed E-state index contributed by atoms with van der Waals surface area (Å²) in [6.07, 6.45) is 3.25. The van der Waals surface area contributed by atoms with E-state index in [0.717, 1.165) is 48.8 Å². The molecular formula is C23H23FN6O2. The maximum Gasteiger partial charge on any atom is 0.168 e. The largest absolute Gasteiger partial charge is 0.495 e. The van der Waals surface area contributed by atoms with Crippen LogP contribution < -0.4 is 19.3 Å². The molecule has 0 aliphatic carbocycles. The van der Waals surface area contributed by atoms with E-state index in [-0.39, 0.29) is 5.82 Å². The lowest BCUT2D eigenvalue weighted by Gasteiger charge is -2.37. The number of methoxy groups -OCH3 is 2. The van der Waals surface area contributed by atoms with E-state index < -0.39 is 0 Å². The van der Waals surface area contributed by atoms with Gasteiger partial charge in [-0.15, -0.1) is 0 Å². The van der Waals surface area contributed by atoms with Gasteiger partial charge in [0.2, 0.25) is 0 Å². The molecule has 0 radical (unpaired) electrons. The molecular weight excluding hydrogens is 411 g/mol. The van der Waals surface area contributed by atoms with Gasteiger partial charge >= 0.3 is 0 Å². The number of fused-ring (bicyclic) bond motifs is 1. The molecule has 0 saturated carbocycles. The highest BCUT2D eigenvalue weighted by atomic mass is 19.1. The molecule has 4 aromatic rings. The van der Waals surface area contributed by atoms with Crippen molar-refractivity contribution in [2.45, 2.75) is 0 Å². The van der Waals surface area contributed by atoms with Gasteiger partial charge in [-0.1, -0.05) is 12.1 Å². The van der Waals surface area contributed by atoms with Gasteiger partial charge in [-0.05, 0) is 24.3 Å². The minimum Gasteiger partial charge on any atom is -0.495 e. The normalized spacial score (nSPS) is 14.1. The fraction of sp³-hybridized carbons (Fsp3) is 0.261. The minimum absolute atomic E-state index is 0.369. The van der Waals surface area contributed by atoms with Gasteiger partial charge in [0.15, 0.2) is 5.65 Å². The smallest absolute Gasteiger partial charge is 0.168 e. The molecule has 3 heterocycles. The first-order valence-corrected chi connectivity index (χ1v) is 10.3. The summed E-state index contributed by atoms with van der Waals surface area (Å²) in [6.45, 7) is 3.24. The van der Waals surface area contributed by atoms with E-state index in [9.17, 15) is 4.39 Å². The van der Waals surface area contributed by atoms with E-state index in [1.807, 2.05) is 18.2 Å². The lowest BCUT2D eigenvalue weighted by molar-refractivity contribution is 0.411. The van der Waals surface area contributed by atoms with Crippen LogP contribution in [0.4, 0.5) is 15.9 Å². The lowest BCUT2D eigenvalue weighted by atomic mass is 10.2. The highest BCUT2D eigenvalue weighted by molar-refractivity contribution is 5.88. The zero-order valence-corrected chi connectivity index (χ0v) is 17.9. The third-order valence-corrected chi connectivity index (χ3v) is 5.72. The summed E-state index contributed by atoms with van der Waals surface area (Å²) in [5, 5.41) is 5.28. The Morgan fingerprint density at radius 2 is 1.56 bits per heavy atom. The van der Waals surface area contributed by atoms with Crippen LogP contribution in [-0.4, -0.2) is 60.1 Å². The summed E-state index contributed by atoms with van der Waals surface area (Å²) in [5.41, 5.74) is 2.19. The van der Waals surface area contributed by atoms with Gasteiger partial charge in [0, 0.05) is 32.2 Å². The first-order valence-electron chi connectivity index (χ1n) is 10.3. The first-order chi connectivity index (χ1) is 15.7. The number of para-hydroxylation sites is 2. The van der Waals surface area contributed by atoms with Crippen molar-refractivity contribution in [2.75, 3.05) is 50.2 Å². The number of piperazine rings is 1. The summed E-state index contributed by atoms with van der Waals surface area (Å²) in [4.78, 5) is 13.5. The second-order valence-electron chi connectivity index (χ2n) is 7.45. The summed E-state index contributed by atoms with van der Waals surface area (Å²) in [5.74, 6) is 1.83. The average Bonchev–Trinajstić information content (AvgIpc) is 3.28. The zero-order valence-electron chi connectivity index (χ0n) is 17.9. The van der Waals surface area contributed by atoms with Crippen molar-refractivity contribution in [3.05, 3.63) is 60.8 Å². The van der Waals surface area contributed by atoms with Crippen LogP contribution in [0.1, 0.15) is 0 Å². The van der Waals surface area contributed by atoms with E-state index in [1.54, 1.807) is 31.2 Å². The van der Waals surface area contributed by atoms with Crippen molar-refractivity contribution in [3.63, 3.8) is 0 Å².